The van der Waals surface area contributed by atoms with Crippen LogP contribution in [0.1, 0.15) is 49.4 Å². The summed E-state index contributed by atoms with van der Waals surface area (Å²) in [5.74, 6) is 0.847. The van der Waals surface area contributed by atoms with Crippen molar-refractivity contribution in [2.75, 3.05) is 26.7 Å². The van der Waals surface area contributed by atoms with Gasteiger partial charge in [-0.15, -0.1) is 0 Å². The number of methoxy groups -OCH3 is 1. The van der Waals surface area contributed by atoms with Crippen molar-refractivity contribution in [3.8, 4) is 5.88 Å². The summed E-state index contributed by atoms with van der Waals surface area (Å²) in [6.07, 6.45) is 6.56. The molecule has 2 heterocycles. The van der Waals surface area contributed by atoms with Crippen LogP contribution in [0.2, 0.25) is 0 Å². The average molecular weight is 280 g/mol. The zero-order valence-corrected chi connectivity index (χ0v) is 13.1. The fraction of sp³-hybridized carbons (Fsp3) is 0.800. The number of ether oxygens (including phenoxy) is 1. The Morgan fingerprint density at radius 1 is 1.20 bits per heavy atom. The molecule has 1 fully saturated rings. The van der Waals surface area contributed by atoms with Crippen molar-refractivity contribution < 1.29 is 4.74 Å². The Labute approximate surface area is 122 Å². The van der Waals surface area contributed by atoms with Crippen LogP contribution in [0, 0.1) is 6.92 Å². The minimum absolute atomic E-state index is 0.219. The fourth-order valence-electron chi connectivity index (χ4n) is 3.31. The molecule has 2 rings (SSSR count). The summed E-state index contributed by atoms with van der Waals surface area (Å²) in [5, 5.41) is 4.50. The highest BCUT2D eigenvalue weighted by atomic mass is 16.5. The highest BCUT2D eigenvalue weighted by molar-refractivity contribution is 5.34. The molecule has 1 aromatic heterocycles. The zero-order chi connectivity index (χ0) is 14.5. The second-order valence-electron chi connectivity index (χ2n) is 5.69. The second-order valence-corrected chi connectivity index (χ2v) is 5.69. The van der Waals surface area contributed by atoms with E-state index in [2.05, 4.69) is 10.00 Å². The fourth-order valence-corrected chi connectivity index (χ4v) is 3.31. The van der Waals surface area contributed by atoms with E-state index in [1.807, 2.05) is 18.7 Å². The van der Waals surface area contributed by atoms with E-state index in [-0.39, 0.29) is 6.04 Å². The molecule has 0 saturated carbocycles. The summed E-state index contributed by atoms with van der Waals surface area (Å²) in [7, 11) is 3.64. The Kier molecular flexibility index (Phi) is 5.43. The van der Waals surface area contributed by atoms with Gasteiger partial charge in [0.1, 0.15) is 0 Å². The number of aromatic nitrogens is 2. The summed E-state index contributed by atoms with van der Waals surface area (Å²) in [6, 6.07) is 0.219. The van der Waals surface area contributed by atoms with Crippen LogP contribution in [0.4, 0.5) is 0 Å². The molecule has 1 aliphatic heterocycles. The van der Waals surface area contributed by atoms with Gasteiger partial charge in [0.05, 0.1) is 24.4 Å². The minimum Gasteiger partial charge on any atom is -0.481 e. The van der Waals surface area contributed by atoms with E-state index in [0.717, 1.165) is 30.2 Å². The molecule has 1 unspecified atom stereocenters. The molecule has 0 bridgehead atoms. The van der Waals surface area contributed by atoms with Gasteiger partial charge >= 0.3 is 0 Å². The first kappa shape index (κ1) is 15.3. The number of likely N-dealkylation sites (tertiary alicyclic amines) is 1. The Morgan fingerprint density at radius 2 is 1.80 bits per heavy atom. The van der Waals surface area contributed by atoms with Crippen LogP contribution in [0.3, 0.4) is 0 Å². The standard InChI is InChI=1S/C15H28N4O/c1-12-14(15(20-3)18(2)17-12)13(11-16)19-9-7-5-4-6-8-10-19/h13H,4-11,16H2,1-3H3. The van der Waals surface area contributed by atoms with Gasteiger partial charge in [-0.1, -0.05) is 19.3 Å². The van der Waals surface area contributed by atoms with Gasteiger partial charge in [-0.3, -0.25) is 4.90 Å². The molecule has 0 radical (unpaired) electrons. The van der Waals surface area contributed by atoms with Crippen LogP contribution >= 0.6 is 0 Å². The predicted molar refractivity (Wildman–Crippen MR) is 81.0 cm³/mol. The molecule has 5 heteroatoms. The van der Waals surface area contributed by atoms with Gasteiger partial charge in [-0.25, -0.2) is 4.68 Å². The van der Waals surface area contributed by atoms with Crippen LogP contribution in [0.15, 0.2) is 0 Å². The van der Waals surface area contributed by atoms with E-state index in [0.29, 0.717) is 6.54 Å². The Bertz CT molecular complexity index is 422. The molecule has 0 amide bonds. The molecule has 0 spiro atoms. The number of aryl methyl sites for hydroxylation is 2. The summed E-state index contributed by atoms with van der Waals surface area (Å²) in [6.45, 7) is 4.91. The molecule has 2 N–H and O–H groups in total. The minimum atomic E-state index is 0.219. The van der Waals surface area contributed by atoms with E-state index in [4.69, 9.17) is 10.5 Å². The molecule has 20 heavy (non-hydrogen) atoms. The highest BCUT2D eigenvalue weighted by Gasteiger charge is 2.27. The maximum atomic E-state index is 6.09. The maximum absolute atomic E-state index is 6.09. The summed E-state index contributed by atoms with van der Waals surface area (Å²) < 4.78 is 7.36. The van der Waals surface area contributed by atoms with Gasteiger partial charge in [0.25, 0.3) is 0 Å². The van der Waals surface area contributed by atoms with E-state index < -0.39 is 0 Å². The topological polar surface area (TPSA) is 56.3 Å². The van der Waals surface area contributed by atoms with Crippen LogP contribution in [0.5, 0.6) is 5.88 Å². The SMILES string of the molecule is COc1c(C(CN)N2CCCCCCC2)c(C)nn1C. The highest BCUT2D eigenvalue weighted by Crippen LogP contribution is 2.32. The third-order valence-corrected chi connectivity index (χ3v) is 4.30. The first-order valence-corrected chi connectivity index (χ1v) is 7.70. The van der Waals surface area contributed by atoms with E-state index >= 15 is 0 Å². The van der Waals surface area contributed by atoms with Crippen molar-refractivity contribution >= 4 is 0 Å². The van der Waals surface area contributed by atoms with E-state index in [1.54, 1.807) is 7.11 Å². The molecule has 114 valence electrons. The lowest BCUT2D eigenvalue weighted by Crippen LogP contribution is -2.36. The lowest BCUT2D eigenvalue weighted by Gasteiger charge is -2.32. The third kappa shape index (κ3) is 3.15. The third-order valence-electron chi connectivity index (χ3n) is 4.30. The Morgan fingerprint density at radius 3 is 2.35 bits per heavy atom. The normalized spacial score (nSPS) is 19.4. The number of hydrogen-bond acceptors (Lipinski definition) is 4. The van der Waals surface area contributed by atoms with E-state index in [9.17, 15) is 0 Å². The van der Waals surface area contributed by atoms with Crippen molar-refractivity contribution in [3.63, 3.8) is 0 Å². The first-order chi connectivity index (χ1) is 9.69. The van der Waals surface area contributed by atoms with Crippen molar-refractivity contribution in [1.82, 2.24) is 14.7 Å². The summed E-state index contributed by atoms with van der Waals surface area (Å²) >= 11 is 0. The second kappa shape index (κ2) is 7.09. The monoisotopic (exact) mass is 280 g/mol. The number of rotatable bonds is 4. The molecule has 0 aliphatic carbocycles. The summed E-state index contributed by atoms with van der Waals surface area (Å²) in [5.41, 5.74) is 8.29. The zero-order valence-electron chi connectivity index (χ0n) is 13.1. The molecular weight excluding hydrogens is 252 g/mol. The lowest BCUT2D eigenvalue weighted by molar-refractivity contribution is 0.179. The van der Waals surface area contributed by atoms with Crippen LogP contribution in [-0.4, -0.2) is 41.4 Å². The molecule has 1 aliphatic rings. The van der Waals surface area contributed by atoms with Gasteiger partial charge < -0.3 is 10.5 Å². The molecule has 1 saturated heterocycles. The molecule has 5 nitrogen and oxygen atoms in total. The maximum Gasteiger partial charge on any atom is 0.216 e. The van der Waals surface area contributed by atoms with Gasteiger partial charge in [-0.2, -0.15) is 5.10 Å². The molecule has 0 aromatic carbocycles. The van der Waals surface area contributed by atoms with Crippen LogP contribution in [-0.2, 0) is 7.05 Å². The number of hydrogen-bond donors (Lipinski definition) is 1. The predicted octanol–water partition coefficient (Wildman–Crippen LogP) is 2.00. The Hall–Kier alpha value is -1.07. The Balaban J connectivity index is 2.26. The van der Waals surface area contributed by atoms with Gasteiger partial charge in [0, 0.05) is 13.6 Å². The number of nitrogens with zero attached hydrogens (tertiary/aromatic N) is 3. The summed E-state index contributed by atoms with van der Waals surface area (Å²) in [4.78, 5) is 2.52. The van der Waals surface area contributed by atoms with Crippen molar-refractivity contribution in [1.29, 1.82) is 0 Å². The molecular formula is C15H28N4O. The lowest BCUT2D eigenvalue weighted by atomic mass is 10.0. The van der Waals surface area contributed by atoms with Crippen LogP contribution < -0.4 is 10.5 Å². The van der Waals surface area contributed by atoms with Crippen molar-refractivity contribution in [2.45, 2.75) is 45.1 Å². The van der Waals surface area contributed by atoms with E-state index in [1.165, 1.54) is 32.1 Å². The molecule has 1 atom stereocenters. The average Bonchev–Trinajstić information content (AvgIpc) is 2.67. The van der Waals surface area contributed by atoms with Gasteiger partial charge in [0.15, 0.2) is 0 Å². The quantitative estimate of drug-likeness (QED) is 0.916. The van der Waals surface area contributed by atoms with Crippen molar-refractivity contribution in [3.05, 3.63) is 11.3 Å². The number of nitrogens with two attached hydrogens (primary N) is 1. The van der Waals surface area contributed by atoms with Gasteiger partial charge in [0.2, 0.25) is 5.88 Å². The smallest absolute Gasteiger partial charge is 0.216 e. The first-order valence-electron chi connectivity index (χ1n) is 7.70. The van der Waals surface area contributed by atoms with Crippen LogP contribution in [0.25, 0.3) is 0 Å². The van der Waals surface area contributed by atoms with Gasteiger partial charge in [-0.05, 0) is 32.9 Å². The van der Waals surface area contributed by atoms with Crippen molar-refractivity contribution in [2.24, 2.45) is 12.8 Å². The largest absolute Gasteiger partial charge is 0.481 e. The molecule has 1 aromatic rings.